The lowest BCUT2D eigenvalue weighted by Gasteiger charge is -2.18. The first kappa shape index (κ1) is 13.5. The van der Waals surface area contributed by atoms with E-state index in [-0.39, 0.29) is 0 Å². The van der Waals surface area contributed by atoms with Crippen molar-refractivity contribution in [2.45, 2.75) is 25.7 Å². The summed E-state index contributed by atoms with van der Waals surface area (Å²) in [7, 11) is 0. The van der Waals surface area contributed by atoms with Gasteiger partial charge in [-0.05, 0) is 37.3 Å². The van der Waals surface area contributed by atoms with Crippen LogP contribution in [-0.2, 0) is 12.8 Å². The van der Waals surface area contributed by atoms with Crippen LogP contribution in [-0.4, -0.2) is 24.0 Å². The molecule has 1 amide bonds. The van der Waals surface area contributed by atoms with Crippen molar-refractivity contribution in [1.82, 2.24) is 4.98 Å². The molecule has 1 heterocycles. The molecule has 5 nitrogen and oxygen atoms in total. The van der Waals surface area contributed by atoms with Gasteiger partial charge in [0.2, 0.25) is 0 Å². The summed E-state index contributed by atoms with van der Waals surface area (Å²) >= 11 is 0. The molecule has 5 N–H and O–H groups in total. The number of pyridine rings is 1. The molecule has 0 unspecified atom stereocenters. The van der Waals surface area contributed by atoms with Gasteiger partial charge in [0.1, 0.15) is 5.82 Å². The Bertz CT molecular complexity index is 496. The van der Waals surface area contributed by atoms with Crippen molar-refractivity contribution in [1.29, 1.82) is 0 Å². The molecule has 102 valence electrons. The summed E-state index contributed by atoms with van der Waals surface area (Å²) in [5.74, 6) is 0.140. The SMILES string of the molecule is NC/C=C/CNc1nc2c(cc1C(N)=O)CCCC2. The average molecular weight is 260 g/mol. The van der Waals surface area contributed by atoms with E-state index in [0.29, 0.717) is 24.5 Å². The van der Waals surface area contributed by atoms with Gasteiger partial charge in [-0.15, -0.1) is 0 Å². The molecule has 0 saturated heterocycles. The number of amides is 1. The second-order valence-corrected chi connectivity index (χ2v) is 4.65. The van der Waals surface area contributed by atoms with E-state index in [0.717, 1.165) is 36.9 Å². The van der Waals surface area contributed by atoms with Crippen molar-refractivity contribution in [3.8, 4) is 0 Å². The van der Waals surface area contributed by atoms with Crippen molar-refractivity contribution in [2.75, 3.05) is 18.4 Å². The summed E-state index contributed by atoms with van der Waals surface area (Å²) in [6.07, 6.45) is 8.03. The molecule has 0 atom stereocenters. The van der Waals surface area contributed by atoms with Crippen LogP contribution in [0.1, 0.15) is 34.5 Å². The number of primary amides is 1. The predicted molar refractivity (Wildman–Crippen MR) is 76.1 cm³/mol. The smallest absolute Gasteiger partial charge is 0.252 e. The maximum absolute atomic E-state index is 11.5. The first-order chi connectivity index (χ1) is 9.22. The Morgan fingerprint density at radius 2 is 2.16 bits per heavy atom. The van der Waals surface area contributed by atoms with Gasteiger partial charge in [0.15, 0.2) is 0 Å². The third-order valence-corrected chi connectivity index (χ3v) is 3.26. The Morgan fingerprint density at radius 1 is 1.37 bits per heavy atom. The standard InChI is InChI=1S/C14H20N4O/c15-7-3-4-8-17-14-11(13(16)19)9-10-5-1-2-6-12(10)18-14/h3-4,9H,1-2,5-8,15H2,(H2,16,19)(H,17,18)/b4-3+. The van der Waals surface area contributed by atoms with Gasteiger partial charge in [0.25, 0.3) is 5.91 Å². The normalized spacial score (nSPS) is 14.4. The minimum Gasteiger partial charge on any atom is -0.366 e. The molecule has 0 aliphatic heterocycles. The third-order valence-electron chi connectivity index (χ3n) is 3.26. The summed E-state index contributed by atoms with van der Waals surface area (Å²) in [5, 5.41) is 3.13. The molecule has 0 bridgehead atoms. The maximum atomic E-state index is 11.5. The number of anilines is 1. The molecule has 0 radical (unpaired) electrons. The van der Waals surface area contributed by atoms with Crippen LogP contribution in [0.2, 0.25) is 0 Å². The van der Waals surface area contributed by atoms with Crippen LogP contribution >= 0.6 is 0 Å². The van der Waals surface area contributed by atoms with Gasteiger partial charge < -0.3 is 16.8 Å². The summed E-state index contributed by atoms with van der Waals surface area (Å²) in [6.45, 7) is 1.09. The lowest BCUT2D eigenvalue weighted by Crippen LogP contribution is -2.19. The molecule has 1 aromatic heterocycles. The summed E-state index contributed by atoms with van der Waals surface area (Å²) < 4.78 is 0. The zero-order valence-electron chi connectivity index (χ0n) is 11.0. The van der Waals surface area contributed by atoms with Crippen LogP contribution in [0, 0.1) is 0 Å². The molecule has 1 aliphatic rings. The molecular weight excluding hydrogens is 240 g/mol. The molecule has 1 aromatic rings. The Hall–Kier alpha value is -1.88. The van der Waals surface area contributed by atoms with E-state index in [1.807, 2.05) is 18.2 Å². The number of aromatic nitrogens is 1. The second-order valence-electron chi connectivity index (χ2n) is 4.65. The van der Waals surface area contributed by atoms with Gasteiger partial charge in [-0.25, -0.2) is 4.98 Å². The fraction of sp³-hybridized carbons (Fsp3) is 0.429. The van der Waals surface area contributed by atoms with Crippen molar-refractivity contribution in [3.05, 3.63) is 35.0 Å². The number of rotatable bonds is 5. The van der Waals surface area contributed by atoms with Crippen LogP contribution in [0.4, 0.5) is 5.82 Å². The van der Waals surface area contributed by atoms with E-state index >= 15 is 0 Å². The number of nitrogens with two attached hydrogens (primary N) is 2. The number of nitrogens with zero attached hydrogens (tertiary/aromatic N) is 1. The molecule has 19 heavy (non-hydrogen) atoms. The molecule has 0 spiro atoms. The van der Waals surface area contributed by atoms with Crippen molar-refractivity contribution >= 4 is 11.7 Å². The van der Waals surface area contributed by atoms with Crippen LogP contribution in [0.25, 0.3) is 0 Å². The number of nitrogens with one attached hydrogen (secondary N) is 1. The number of hydrogen-bond donors (Lipinski definition) is 3. The van der Waals surface area contributed by atoms with Gasteiger partial charge in [-0.2, -0.15) is 0 Å². The molecule has 5 heteroatoms. The highest BCUT2D eigenvalue weighted by atomic mass is 16.1. The molecule has 2 rings (SSSR count). The van der Waals surface area contributed by atoms with Gasteiger partial charge >= 0.3 is 0 Å². The van der Waals surface area contributed by atoms with Crippen LogP contribution in [0.3, 0.4) is 0 Å². The van der Waals surface area contributed by atoms with Gasteiger partial charge in [-0.1, -0.05) is 12.2 Å². The highest BCUT2D eigenvalue weighted by Gasteiger charge is 2.17. The fourth-order valence-electron chi connectivity index (χ4n) is 2.29. The Labute approximate surface area is 113 Å². The third kappa shape index (κ3) is 3.32. The maximum Gasteiger partial charge on any atom is 0.252 e. The quantitative estimate of drug-likeness (QED) is 0.688. The highest BCUT2D eigenvalue weighted by Crippen LogP contribution is 2.24. The van der Waals surface area contributed by atoms with Crippen LogP contribution in [0.5, 0.6) is 0 Å². The van der Waals surface area contributed by atoms with E-state index in [4.69, 9.17) is 11.5 Å². The van der Waals surface area contributed by atoms with Crippen LogP contribution < -0.4 is 16.8 Å². The van der Waals surface area contributed by atoms with E-state index in [9.17, 15) is 4.79 Å². The Balaban J connectivity index is 2.24. The number of carbonyl (C=O) groups excluding carboxylic acids is 1. The second kappa shape index (κ2) is 6.33. The van der Waals surface area contributed by atoms with Crippen molar-refractivity contribution in [3.63, 3.8) is 0 Å². The predicted octanol–water partition coefficient (Wildman–Crippen LogP) is 0.986. The Morgan fingerprint density at radius 3 is 2.89 bits per heavy atom. The first-order valence-corrected chi connectivity index (χ1v) is 6.64. The van der Waals surface area contributed by atoms with E-state index in [1.165, 1.54) is 0 Å². The Kier molecular flexibility index (Phi) is 4.52. The van der Waals surface area contributed by atoms with E-state index in [2.05, 4.69) is 10.3 Å². The van der Waals surface area contributed by atoms with Gasteiger partial charge in [0, 0.05) is 18.8 Å². The monoisotopic (exact) mass is 260 g/mol. The van der Waals surface area contributed by atoms with Gasteiger partial charge in [-0.3, -0.25) is 4.79 Å². The minimum absolute atomic E-state index is 0.439. The summed E-state index contributed by atoms with van der Waals surface area (Å²) in [5.41, 5.74) is 13.5. The van der Waals surface area contributed by atoms with E-state index in [1.54, 1.807) is 0 Å². The summed E-state index contributed by atoms with van der Waals surface area (Å²) in [6, 6.07) is 1.89. The number of carbonyl (C=O) groups is 1. The largest absolute Gasteiger partial charge is 0.366 e. The molecule has 1 aliphatic carbocycles. The zero-order chi connectivity index (χ0) is 13.7. The van der Waals surface area contributed by atoms with E-state index < -0.39 is 5.91 Å². The topological polar surface area (TPSA) is 94.0 Å². The average Bonchev–Trinajstić information content (AvgIpc) is 2.42. The number of aryl methyl sites for hydroxylation is 2. The van der Waals surface area contributed by atoms with Crippen molar-refractivity contribution in [2.24, 2.45) is 11.5 Å². The molecule has 0 saturated carbocycles. The molecule has 0 fully saturated rings. The number of hydrogen-bond acceptors (Lipinski definition) is 4. The first-order valence-electron chi connectivity index (χ1n) is 6.64. The fourth-order valence-corrected chi connectivity index (χ4v) is 2.29. The molecule has 0 aromatic carbocycles. The summed E-state index contributed by atoms with van der Waals surface area (Å²) in [4.78, 5) is 16.1. The lowest BCUT2D eigenvalue weighted by molar-refractivity contribution is 0.100. The van der Waals surface area contributed by atoms with Gasteiger partial charge in [0.05, 0.1) is 5.56 Å². The van der Waals surface area contributed by atoms with Crippen molar-refractivity contribution < 1.29 is 4.79 Å². The number of fused-ring (bicyclic) bond motifs is 1. The lowest BCUT2D eigenvalue weighted by atomic mass is 9.94. The minimum atomic E-state index is -0.439. The molecular formula is C14H20N4O. The van der Waals surface area contributed by atoms with Crippen LogP contribution in [0.15, 0.2) is 18.2 Å². The highest BCUT2D eigenvalue weighted by molar-refractivity contribution is 5.97. The zero-order valence-corrected chi connectivity index (χ0v) is 11.0.